The van der Waals surface area contributed by atoms with Gasteiger partial charge in [0.15, 0.2) is 0 Å². The molecule has 1 amide bonds. The van der Waals surface area contributed by atoms with Crippen LogP contribution in [0.15, 0.2) is 48.5 Å². The average molecular weight is 461 g/mol. The number of nitrogens with zero attached hydrogens (tertiary/aromatic N) is 1. The van der Waals surface area contributed by atoms with E-state index >= 15 is 0 Å². The second-order valence-corrected chi connectivity index (χ2v) is 10.8. The van der Waals surface area contributed by atoms with Crippen LogP contribution in [0, 0.1) is 5.92 Å². The first-order valence-electron chi connectivity index (χ1n) is 13.0. The van der Waals surface area contributed by atoms with Gasteiger partial charge in [0, 0.05) is 24.4 Å². The molecule has 2 aliphatic heterocycles. The molecular weight excluding hydrogens is 424 g/mol. The van der Waals surface area contributed by atoms with Gasteiger partial charge in [0.25, 0.3) is 0 Å². The topological polar surface area (TPSA) is 50.8 Å². The highest BCUT2D eigenvalue weighted by Crippen LogP contribution is 2.52. The molecule has 1 saturated carbocycles. The maximum atomic E-state index is 12.8. The number of ether oxygens (including phenoxy) is 2. The highest BCUT2D eigenvalue weighted by Gasteiger charge is 2.57. The monoisotopic (exact) mass is 460 g/mol. The number of carbonyl (C=O) groups excluding carboxylic acids is 1. The van der Waals surface area contributed by atoms with Crippen LogP contribution in [-0.4, -0.2) is 55.8 Å². The van der Waals surface area contributed by atoms with Crippen LogP contribution in [0.3, 0.4) is 0 Å². The predicted octanol–water partition coefficient (Wildman–Crippen LogP) is 3.88. The third kappa shape index (κ3) is 4.14. The van der Waals surface area contributed by atoms with E-state index in [1.807, 2.05) is 18.2 Å². The van der Waals surface area contributed by atoms with Crippen molar-refractivity contribution in [2.24, 2.45) is 5.92 Å². The summed E-state index contributed by atoms with van der Waals surface area (Å²) in [4.78, 5) is 15.6. The summed E-state index contributed by atoms with van der Waals surface area (Å²) in [5.41, 5.74) is 3.97. The molecule has 2 aromatic rings. The number of piperidine rings is 1. The zero-order valence-electron chi connectivity index (χ0n) is 20.2. The van der Waals surface area contributed by atoms with Crippen LogP contribution in [0.5, 0.6) is 5.75 Å². The maximum Gasteiger partial charge on any atom is 0.220 e. The summed E-state index contributed by atoms with van der Waals surface area (Å²) in [6, 6.07) is 17.3. The molecule has 2 heterocycles. The largest absolute Gasteiger partial charge is 0.497 e. The Bertz CT molecular complexity index is 1040. The number of fused-ring (bicyclic) bond motifs is 1. The quantitative estimate of drug-likeness (QED) is 0.681. The van der Waals surface area contributed by atoms with Crippen molar-refractivity contribution in [2.75, 3.05) is 26.8 Å². The second kappa shape index (κ2) is 9.01. The van der Waals surface area contributed by atoms with Crippen molar-refractivity contribution < 1.29 is 14.3 Å². The van der Waals surface area contributed by atoms with E-state index in [0.29, 0.717) is 19.1 Å². The summed E-state index contributed by atoms with van der Waals surface area (Å²) in [5, 5.41) is 3.32. The average Bonchev–Trinajstić information content (AvgIpc) is 3.69. The molecule has 34 heavy (non-hydrogen) atoms. The zero-order valence-corrected chi connectivity index (χ0v) is 20.2. The lowest BCUT2D eigenvalue weighted by atomic mass is 9.58. The third-order valence-electron chi connectivity index (χ3n) is 8.62. The molecule has 0 radical (unpaired) electrons. The van der Waals surface area contributed by atoms with Crippen molar-refractivity contribution >= 4 is 5.91 Å². The van der Waals surface area contributed by atoms with E-state index in [4.69, 9.17) is 9.47 Å². The number of aryl methyl sites for hydroxylation is 1. The number of hydrogen-bond donors (Lipinski definition) is 1. The van der Waals surface area contributed by atoms with E-state index in [-0.39, 0.29) is 23.5 Å². The molecule has 1 N–H and O–H groups in total. The van der Waals surface area contributed by atoms with Crippen molar-refractivity contribution in [3.8, 4) is 5.75 Å². The first kappa shape index (κ1) is 22.1. The summed E-state index contributed by atoms with van der Waals surface area (Å²) >= 11 is 0. The van der Waals surface area contributed by atoms with Crippen molar-refractivity contribution in [1.82, 2.24) is 10.2 Å². The van der Waals surface area contributed by atoms with Gasteiger partial charge in [-0.05, 0) is 79.8 Å². The summed E-state index contributed by atoms with van der Waals surface area (Å²) in [6.45, 7) is 2.94. The maximum absolute atomic E-state index is 12.8. The number of methoxy groups -OCH3 is 1. The number of carbonyl (C=O) groups is 1. The van der Waals surface area contributed by atoms with E-state index in [2.05, 4.69) is 40.5 Å². The molecule has 6 rings (SSSR count). The molecular formula is C29H36N2O3. The van der Waals surface area contributed by atoms with Gasteiger partial charge in [-0.25, -0.2) is 0 Å². The SMILES string of the molecule is COc1ccc2c(c1)C13CCN(CC4CC4)C(C2)C1OCC(NC(=O)CCc1ccccc1)C3. The molecule has 4 aliphatic rings. The summed E-state index contributed by atoms with van der Waals surface area (Å²) in [7, 11) is 1.74. The fraction of sp³-hybridized carbons (Fsp3) is 0.552. The summed E-state index contributed by atoms with van der Waals surface area (Å²) in [5.74, 6) is 1.92. The van der Waals surface area contributed by atoms with Crippen molar-refractivity contribution in [3.63, 3.8) is 0 Å². The van der Waals surface area contributed by atoms with Crippen molar-refractivity contribution in [3.05, 3.63) is 65.2 Å². The Balaban J connectivity index is 1.22. The molecule has 2 aromatic carbocycles. The molecule has 180 valence electrons. The predicted molar refractivity (Wildman–Crippen MR) is 132 cm³/mol. The Hall–Kier alpha value is -2.37. The van der Waals surface area contributed by atoms with Crippen LogP contribution in [0.25, 0.3) is 0 Å². The minimum Gasteiger partial charge on any atom is -0.497 e. The Morgan fingerprint density at radius 1 is 1.21 bits per heavy atom. The number of rotatable bonds is 7. The van der Waals surface area contributed by atoms with Crippen LogP contribution in [-0.2, 0) is 27.8 Å². The lowest BCUT2D eigenvalue weighted by Crippen LogP contribution is -2.68. The van der Waals surface area contributed by atoms with Gasteiger partial charge in [-0.1, -0.05) is 36.4 Å². The van der Waals surface area contributed by atoms with Crippen LogP contribution in [0.1, 0.15) is 48.8 Å². The Kier molecular flexibility index (Phi) is 5.86. The van der Waals surface area contributed by atoms with E-state index in [0.717, 1.165) is 43.9 Å². The lowest BCUT2D eigenvalue weighted by molar-refractivity contribution is -0.143. The normalized spacial score (nSPS) is 30.2. The molecule has 0 spiro atoms. The molecule has 4 atom stereocenters. The van der Waals surface area contributed by atoms with Gasteiger partial charge in [-0.3, -0.25) is 9.69 Å². The van der Waals surface area contributed by atoms with Crippen LogP contribution in [0.2, 0.25) is 0 Å². The van der Waals surface area contributed by atoms with Crippen molar-refractivity contribution in [2.45, 2.75) is 68.5 Å². The van der Waals surface area contributed by atoms with E-state index in [9.17, 15) is 4.79 Å². The molecule has 5 heteroatoms. The third-order valence-corrected chi connectivity index (χ3v) is 8.62. The van der Waals surface area contributed by atoms with Crippen LogP contribution < -0.4 is 10.1 Å². The smallest absolute Gasteiger partial charge is 0.220 e. The van der Waals surface area contributed by atoms with Crippen LogP contribution in [0.4, 0.5) is 0 Å². The van der Waals surface area contributed by atoms with Gasteiger partial charge in [-0.2, -0.15) is 0 Å². The fourth-order valence-electron chi connectivity index (χ4n) is 6.76. The van der Waals surface area contributed by atoms with Gasteiger partial charge in [0.05, 0.1) is 25.9 Å². The van der Waals surface area contributed by atoms with Gasteiger partial charge in [-0.15, -0.1) is 0 Å². The molecule has 5 nitrogen and oxygen atoms in total. The molecule has 4 unspecified atom stereocenters. The molecule has 2 bridgehead atoms. The summed E-state index contributed by atoms with van der Waals surface area (Å²) in [6.07, 6.45) is 7.31. The zero-order chi connectivity index (χ0) is 23.1. The van der Waals surface area contributed by atoms with Gasteiger partial charge < -0.3 is 14.8 Å². The van der Waals surface area contributed by atoms with Crippen LogP contribution >= 0.6 is 0 Å². The highest BCUT2D eigenvalue weighted by molar-refractivity contribution is 5.76. The van der Waals surface area contributed by atoms with Gasteiger partial charge in [0.2, 0.25) is 5.91 Å². The minimum absolute atomic E-state index is 0.0484. The molecule has 2 aliphatic carbocycles. The first-order valence-corrected chi connectivity index (χ1v) is 13.0. The van der Waals surface area contributed by atoms with Gasteiger partial charge >= 0.3 is 0 Å². The number of nitrogens with one attached hydrogen (secondary N) is 1. The molecule has 0 aromatic heterocycles. The Morgan fingerprint density at radius 3 is 2.85 bits per heavy atom. The number of hydrogen-bond acceptors (Lipinski definition) is 4. The second-order valence-electron chi connectivity index (χ2n) is 10.8. The molecule has 3 fully saturated rings. The van der Waals surface area contributed by atoms with E-state index in [1.54, 1.807) is 7.11 Å². The Labute approximate surface area is 202 Å². The number of amides is 1. The molecule has 2 saturated heterocycles. The number of benzene rings is 2. The van der Waals surface area contributed by atoms with E-state index in [1.165, 1.54) is 36.1 Å². The number of likely N-dealkylation sites (tertiary alicyclic amines) is 1. The van der Waals surface area contributed by atoms with Gasteiger partial charge in [0.1, 0.15) is 5.75 Å². The minimum atomic E-state index is -0.0531. The fourth-order valence-corrected chi connectivity index (χ4v) is 6.76. The standard InChI is InChI=1S/C29H36N2O3/c1-33-24-11-10-22-15-26-28-29(25(22)16-24,13-14-31(26)18-21-7-8-21)17-23(19-34-28)30-27(32)12-9-20-5-3-2-4-6-20/h2-6,10-11,16,21,23,26,28H,7-9,12-15,17-19H2,1H3,(H,30,32). The van der Waals surface area contributed by atoms with E-state index < -0.39 is 0 Å². The Morgan fingerprint density at radius 2 is 2.06 bits per heavy atom. The highest BCUT2D eigenvalue weighted by atomic mass is 16.5. The van der Waals surface area contributed by atoms with Crippen molar-refractivity contribution in [1.29, 1.82) is 0 Å². The first-order chi connectivity index (χ1) is 16.6. The summed E-state index contributed by atoms with van der Waals surface area (Å²) < 4.78 is 12.3. The lowest BCUT2D eigenvalue weighted by Gasteiger charge is -2.59.